The predicted octanol–water partition coefficient (Wildman–Crippen LogP) is 4.48. The first-order valence-electron chi connectivity index (χ1n) is 11.7. The monoisotopic (exact) mass is 392 g/mol. The van der Waals surface area contributed by atoms with Crippen LogP contribution in [0.5, 0.6) is 0 Å². The van der Waals surface area contributed by atoms with E-state index in [0.29, 0.717) is 35.0 Å². The van der Waals surface area contributed by atoms with Gasteiger partial charge in [-0.15, -0.1) is 0 Å². The Bertz CT molecular complexity index is 605. The van der Waals surface area contributed by atoms with Crippen LogP contribution in [0.3, 0.4) is 0 Å². The Morgan fingerprint density at radius 1 is 0.964 bits per heavy atom. The minimum atomic E-state index is -0.677. The van der Waals surface area contributed by atoms with Gasteiger partial charge in [0.05, 0.1) is 12.2 Å². The van der Waals surface area contributed by atoms with Crippen molar-refractivity contribution in [1.29, 1.82) is 0 Å². The van der Waals surface area contributed by atoms with Crippen LogP contribution in [-0.4, -0.2) is 33.5 Å². The standard InChI is InChI=1S/C24H40O4/c1-14(4-7-22(27)28)17-5-6-18-16-13-21(26)20-12-15(25)8-10-24(20,3)19(16)9-11-23(17,18)2/h14-21,25-26H,4-13H2,1-3H3,(H,27,28)/t14?,15-,16+,17-,18+,19+,20+,21+,23-,24-/m1/s1. The molecule has 0 aromatic rings. The molecule has 0 saturated heterocycles. The van der Waals surface area contributed by atoms with Gasteiger partial charge >= 0.3 is 5.97 Å². The van der Waals surface area contributed by atoms with Crippen LogP contribution in [0.15, 0.2) is 0 Å². The number of hydrogen-bond donors (Lipinski definition) is 3. The molecule has 1 unspecified atom stereocenters. The van der Waals surface area contributed by atoms with Gasteiger partial charge in [-0.1, -0.05) is 20.8 Å². The number of aliphatic carboxylic acids is 1. The van der Waals surface area contributed by atoms with Crippen molar-refractivity contribution >= 4 is 5.97 Å². The van der Waals surface area contributed by atoms with E-state index >= 15 is 0 Å². The van der Waals surface area contributed by atoms with Gasteiger partial charge in [-0.05, 0) is 104 Å². The molecular formula is C24H40O4. The average Bonchev–Trinajstić information content (AvgIpc) is 2.99. The Morgan fingerprint density at radius 3 is 2.36 bits per heavy atom. The molecule has 4 nitrogen and oxygen atoms in total. The highest BCUT2D eigenvalue weighted by molar-refractivity contribution is 5.66. The molecule has 4 aliphatic rings. The molecule has 0 aromatic carbocycles. The number of aliphatic hydroxyl groups is 2. The van der Waals surface area contributed by atoms with Gasteiger partial charge in [0.2, 0.25) is 0 Å². The van der Waals surface area contributed by atoms with E-state index < -0.39 is 5.97 Å². The molecule has 160 valence electrons. The van der Waals surface area contributed by atoms with Crippen LogP contribution in [0.1, 0.15) is 85.0 Å². The fourth-order valence-corrected chi connectivity index (χ4v) is 8.81. The molecule has 4 fully saturated rings. The van der Waals surface area contributed by atoms with E-state index in [9.17, 15) is 15.0 Å². The summed E-state index contributed by atoms with van der Waals surface area (Å²) >= 11 is 0. The third-order valence-corrected chi connectivity index (χ3v) is 10.2. The van der Waals surface area contributed by atoms with Crippen molar-refractivity contribution in [2.75, 3.05) is 0 Å². The van der Waals surface area contributed by atoms with E-state index in [1.165, 1.54) is 25.7 Å². The minimum absolute atomic E-state index is 0.176. The maximum atomic E-state index is 11.1. The van der Waals surface area contributed by atoms with Gasteiger partial charge in [-0.3, -0.25) is 4.79 Å². The molecule has 28 heavy (non-hydrogen) atoms. The molecule has 4 rings (SSSR count). The lowest BCUT2D eigenvalue weighted by Crippen LogP contribution is -2.58. The lowest BCUT2D eigenvalue weighted by atomic mass is 9.44. The number of carbonyl (C=O) groups is 1. The molecule has 4 saturated carbocycles. The second-order valence-corrected chi connectivity index (χ2v) is 11.4. The fraction of sp³-hybridized carbons (Fsp3) is 0.958. The van der Waals surface area contributed by atoms with E-state index in [2.05, 4.69) is 20.8 Å². The molecule has 4 heteroatoms. The fourth-order valence-electron chi connectivity index (χ4n) is 8.81. The first-order chi connectivity index (χ1) is 13.2. The van der Waals surface area contributed by atoms with Gasteiger partial charge in [-0.2, -0.15) is 0 Å². The van der Waals surface area contributed by atoms with Crippen molar-refractivity contribution in [3.63, 3.8) is 0 Å². The topological polar surface area (TPSA) is 77.8 Å². The van der Waals surface area contributed by atoms with Gasteiger partial charge in [-0.25, -0.2) is 0 Å². The van der Waals surface area contributed by atoms with Crippen molar-refractivity contribution < 1.29 is 20.1 Å². The van der Waals surface area contributed by atoms with Gasteiger partial charge < -0.3 is 15.3 Å². The maximum Gasteiger partial charge on any atom is 0.303 e. The summed E-state index contributed by atoms with van der Waals surface area (Å²) in [5, 5.41) is 30.4. The number of carboxylic acid groups (broad SMARTS) is 1. The summed E-state index contributed by atoms with van der Waals surface area (Å²) in [7, 11) is 0. The zero-order valence-electron chi connectivity index (χ0n) is 17.9. The van der Waals surface area contributed by atoms with E-state index in [1.54, 1.807) is 0 Å². The zero-order chi connectivity index (χ0) is 20.3. The third kappa shape index (κ3) is 3.14. The van der Waals surface area contributed by atoms with Gasteiger partial charge in [0.15, 0.2) is 0 Å². The molecular weight excluding hydrogens is 352 g/mol. The molecule has 10 atom stereocenters. The largest absolute Gasteiger partial charge is 0.481 e. The average molecular weight is 393 g/mol. The molecule has 3 N–H and O–H groups in total. The van der Waals surface area contributed by atoms with Crippen LogP contribution in [-0.2, 0) is 4.79 Å². The van der Waals surface area contributed by atoms with Crippen LogP contribution in [0.4, 0.5) is 0 Å². The van der Waals surface area contributed by atoms with E-state index in [-0.39, 0.29) is 30.0 Å². The summed E-state index contributed by atoms with van der Waals surface area (Å²) in [6, 6.07) is 0. The molecule has 0 aliphatic heterocycles. The van der Waals surface area contributed by atoms with Crippen LogP contribution < -0.4 is 0 Å². The summed E-state index contributed by atoms with van der Waals surface area (Å²) in [6.45, 7) is 7.16. The SMILES string of the molecule is CC(CCC(=O)O)[C@H]1CC[C@H]2[C@@H]3C[C@H](O)[C@@H]4C[C@H](O)CC[C@]4(C)[C@H]3CC[C@]12C. The van der Waals surface area contributed by atoms with Crippen molar-refractivity contribution in [2.45, 2.75) is 97.2 Å². The zero-order valence-corrected chi connectivity index (χ0v) is 17.9. The van der Waals surface area contributed by atoms with Gasteiger partial charge in [0.1, 0.15) is 0 Å². The second-order valence-electron chi connectivity index (χ2n) is 11.4. The first-order valence-corrected chi connectivity index (χ1v) is 11.7. The Morgan fingerprint density at radius 2 is 1.64 bits per heavy atom. The molecule has 0 amide bonds. The number of carboxylic acids is 1. The van der Waals surface area contributed by atoms with Crippen LogP contribution >= 0.6 is 0 Å². The van der Waals surface area contributed by atoms with Crippen LogP contribution in [0.25, 0.3) is 0 Å². The lowest BCUT2D eigenvalue weighted by Gasteiger charge is -2.62. The second kappa shape index (κ2) is 7.27. The maximum absolute atomic E-state index is 11.1. The summed E-state index contributed by atoms with van der Waals surface area (Å²) in [5.74, 6) is 2.61. The summed E-state index contributed by atoms with van der Waals surface area (Å²) in [5.41, 5.74) is 0.478. The molecule has 0 bridgehead atoms. The van der Waals surface area contributed by atoms with Crippen LogP contribution in [0, 0.1) is 46.3 Å². The van der Waals surface area contributed by atoms with Gasteiger partial charge in [0, 0.05) is 6.42 Å². The molecule has 4 aliphatic carbocycles. The predicted molar refractivity (Wildman–Crippen MR) is 109 cm³/mol. The molecule has 0 aromatic heterocycles. The summed E-state index contributed by atoms with van der Waals surface area (Å²) in [6.07, 6.45) is 9.16. The van der Waals surface area contributed by atoms with Crippen molar-refractivity contribution in [1.82, 2.24) is 0 Å². The highest BCUT2D eigenvalue weighted by atomic mass is 16.4. The lowest BCUT2D eigenvalue weighted by molar-refractivity contribution is -0.172. The molecule has 0 heterocycles. The van der Waals surface area contributed by atoms with Gasteiger partial charge in [0.25, 0.3) is 0 Å². The number of fused-ring (bicyclic) bond motifs is 5. The quantitative estimate of drug-likeness (QED) is 0.659. The highest BCUT2D eigenvalue weighted by Gasteiger charge is 2.62. The highest BCUT2D eigenvalue weighted by Crippen LogP contribution is 2.68. The Kier molecular flexibility index (Phi) is 5.36. The Balaban J connectivity index is 1.55. The first kappa shape index (κ1) is 20.7. The number of aliphatic hydroxyl groups excluding tert-OH is 2. The Labute approximate surface area is 170 Å². The summed E-state index contributed by atoms with van der Waals surface area (Å²) < 4.78 is 0. The normalized spacial score (nSPS) is 51.7. The van der Waals surface area contributed by atoms with Crippen molar-refractivity contribution in [3.05, 3.63) is 0 Å². The smallest absolute Gasteiger partial charge is 0.303 e. The number of rotatable bonds is 4. The number of hydrogen-bond acceptors (Lipinski definition) is 3. The third-order valence-electron chi connectivity index (χ3n) is 10.2. The van der Waals surface area contributed by atoms with Crippen molar-refractivity contribution in [2.24, 2.45) is 46.3 Å². The van der Waals surface area contributed by atoms with E-state index in [4.69, 9.17) is 5.11 Å². The summed E-state index contributed by atoms with van der Waals surface area (Å²) in [4.78, 5) is 11.1. The van der Waals surface area contributed by atoms with E-state index in [1.807, 2.05) is 0 Å². The van der Waals surface area contributed by atoms with E-state index in [0.717, 1.165) is 32.1 Å². The minimum Gasteiger partial charge on any atom is -0.481 e. The van der Waals surface area contributed by atoms with Crippen molar-refractivity contribution in [3.8, 4) is 0 Å². The Hall–Kier alpha value is -0.610. The van der Waals surface area contributed by atoms with Crippen LogP contribution in [0.2, 0.25) is 0 Å². The molecule has 0 spiro atoms. The molecule has 0 radical (unpaired) electrons.